The van der Waals surface area contributed by atoms with E-state index < -0.39 is 17.6 Å². The Kier molecular flexibility index (Phi) is 4.75. The van der Waals surface area contributed by atoms with Gasteiger partial charge in [-0.1, -0.05) is 12.3 Å². The van der Waals surface area contributed by atoms with Crippen molar-refractivity contribution in [3.8, 4) is 11.5 Å². The van der Waals surface area contributed by atoms with Crippen LogP contribution in [0.15, 0.2) is 24.4 Å². The van der Waals surface area contributed by atoms with E-state index in [0.29, 0.717) is 5.69 Å². The number of aromatic nitrogens is 3. The van der Waals surface area contributed by atoms with Crippen LogP contribution in [0.1, 0.15) is 5.56 Å². The first-order chi connectivity index (χ1) is 7.98. The number of hydrogen-bond acceptors (Lipinski definition) is 4. The number of halogens is 3. The molecular formula is C10H6F3N4Y-. The predicted octanol–water partition coefficient (Wildman–Crippen LogP) is 1.94. The summed E-state index contributed by atoms with van der Waals surface area (Å²) in [5.74, 6) is -0.649. The van der Waals surface area contributed by atoms with E-state index in [9.17, 15) is 13.2 Å². The van der Waals surface area contributed by atoms with Crippen LogP contribution in [0.25, 0.3) is 11.5 Å². The van der Waals surface area contributed by atoms with Gasteiger partial charge in [-0.15, -0.1) is 0 Å². The van der Waals surface area contributed by atoms with Crippen LogP contribution in [0.3, 0.4) is 0 Å². The molecule has 0 fully saturated rings. The van der Waals surface area contributed by atoms with Crippen molar-refractivity contribution in [3.05, 3.63) is 36.2 Å². The minimum atomic E-state index is -4.60. The quantitative estimate of drug-likeness (QED) is 0.813. The van der Waals surface area contributed by atoms with Crippen molar-refractivity contribution >= 4 is 5.82 Å². The number of nitrogen functional groups attached to an aromatic ring is 1. The van der Waals surface area contributed by atoms with Crippen molar-refractivity contribution in [2.24, 2.45) is 0 Å². The van der Waals surface area contributed by atoms with Gasteiger partial charge in [0.2, 0.25) is 0 Å². The Balaban J connectivity index is 0.00000162. The monoisotopic (exact) mass is 328 g/mol. The van der Waals surface area contributed by atoms with Crippen molar-refractivity contribution < 1.29 is 45.9 Å². The summed E-state index contributed by atoms with van der Waals surface area (Å²) in [7, 11) is 0. The van der Waals surface area contributed by atoms with E-state index >= 15 is 0 Å². The van der Waals surface area contributed by atoms with Crippen LogP contribution in [-0.4, -0.2) is 15.0 Å². The van der Waals surface area contributed by atoms with Gasteiger partial charge < -0.3 is 15.7 Å². The fourth-order valence-electron chi connectivity index (χ4n) is 1.18. The fourth-order valence-corrected chi connectivity index (χ4v) is 1.18. The van der Waals surface area contributed by atoms with Crippen LogP contribution in [-0.2, 0) is 38.9 Å². The maximum atomic E-state index is 12.4. The van der Waals surface area contributed by atoms with Gasteiger partial charge in [0.25, 0.3) is 0 Å². The predicted molar refractivity (Wildman–Crippen MR) is 53.5 cm³/mol. The molecule has 2 heterocycles. The van der Waals surface area contributed by atoms with E-state index in [4.69, 9.17) is 5.73 Å². The van der Waals surface area contributed by atoms with Crippen LogP contribution in [0.5, 0.6) is 0 Å². The molecule has 91 valence electrons. The van der Waals surface area contributed by atoms with Gasteiger partial charge in [0.15, 0.2) is 0 Å². The minimum absolute atomic E-state index is 0. The molecule has 4 nitrogen and oxygen atoms in total. The zero-order valence-corrected chi connectivity index (χ0v) is 11.8. The van der Waals surface area contributed by atoms with Gasteiger partial charge in [-0.05, 0) is 12.1 Å². The average Bonchev–Trinajstić information content (AvgIpc) is 2.28. The summed E-state index contributed by atoms with van der Waals surface area (Å²) >= 11 is 0. The summed E-state index contributed by atoms with van der Waals surface area (Å²) in [6.45, 7) is 0. The Bertz CT molecular complexity index is 530. The number of nitrogens with two attached hydrogens (primary N) is 1. The number of rotatable bonds is 1. The van der Waals surface area contributed by atoms with Gasteiger partial charge in [0.1, 0.15) is 0 Å². The van der Waals surface area contributed by atoms with E-state index in [-0.39, 0.29) is 38.5 Å². The number of nitrogens with zero attached hydrogens (tertiary/aromatic N) is 3. The number of hydrogen-bond donors (Lipinski definition) is 1. The Labute approximate surface area is 126 Å². The summed E-state index contributed by atoms with van der Waals surface area (Å²) in [4.78, 5) is 10.9. The molecular weight excluding hydrogens is 322 g/mol. The second kappa shape index (κ2) is 5.71. The normalized spacial score (nSPS) is 10.8. The van der Waals surface area contributed by atoms with Crippen molar-refractivity contribution in [2.75, 3.05) is 5.73 Å². The summed E-state index contributed by atoms with van der Waals surface area (Å²) in [6.07, 6.45) is -1.28. The van der Waals surface area contributed by atoms with Gasteiger partial charge in [0, 0.05) is 50.3 Å². The molecule has 18 heavy (non-hydrogen) atoms. The van der Waals surface area contributed by atoms with E-state index in [1.807, 2.05) is 6.20 Å². The minimum Gasteiger partial charge on any atom is -0.434 e. The smallest absolute Gasteiger partial charge is 0.399 e. The van der Waals surface area contributed by atoms with Crippen LogP contribution >= 0.6 is 0 Å². The number of anilines is 1. The Morgan fingerprint density at radius 1 is 1.22 bits per heavy atom. The van der Waals surface area contributed by atoms with Crippen LogP contribution in [0.4, 0.5) is 19.0 Å². The molecule has 0 saturated heterocycles. The molecule has 8 heteroatoms. The van der Waals surface area contributed by atoms with Crippen molar-refractivity contribution in [1.82, 2.24) is 15.0 Å². The van der Waals surface area contributed by atoms with Crippen LogP contribution < -0.4 is 5.73 Å². The molecule has 0 aliphatic rings. The van der Waals surface area contributed by atoms with Gasteiger partial charge >= 0.3 is 6.18 Å². The summed E-state index contributed by atoms with van der Waals surface area (Å²) in [5, 5.41) is 0. The van der Waals surface area contributed by atoms with Crippen molar-refractivity contribution in [1.29, 1.82) is 0 Å². The molecule has 2 N–H and O–H groups in total. The third-order valence-corrected chi connectivity index (χ3v) is 1.93. The molecule has 0 amide bonds. The molecule has 2 aromatic rings. The Hall–Kier alpha value is -1.08. The summed E-state index contributed by atoms with van der Waals surface area (Å²) in [5.41, 5.74) is 4.38. The molecule has 2 rings (SSSR count). The molecule has 0 bridgehead atoms. The average molecular weight is 328 g/mol. The van der Waals surface area contributed by atoms with E-state index in [1.165, 1.54) is 6.20 Å². The maximum absolute atomic E-state index is 12.4. The molecule has 0 aliphatic heterocycles. The van der Waals surface area contributed by atoms with Gasteiger partial charge in [-0.3, -0.25) is 4.98 Å². The second-order valence-electron chi connectivity index (χ2n) is 3.13. The molecule has 0 atom stereocenters. The number of pyridine rings is 1. The summed E-state index contributed by atoms with van der Waals surface area (Å²) in [6, 6.07) is 4.90. The zero-order chi connectivity index (χ0) is 12.5. The third-order valence-electron chi connectivity index (χ3n) is 1.93. The zero-order valence-electron chi connectivity index (χ0n) is 8.94. The first-order valence-corrected chi connectivity index (χ1v) is 4.52. The Morgan fingerprint density at radius 3 is 2.44 bits per heavy atom. The first kappa shape index (κ1) is 15.0. The van der Waals surface area contributed by atoms with Crippen LogP contribution in [0, 0.1) is 6.20 Å². The van der Waals surface area contributed by atoms with E-state index in [2.05, 4.69) is 15.0 Å². The molecule has 1 radical (unpaired) electrons. The fraction of sp³-hybridized carbons (Fsp3) is 0.100. The van der Waals surface area contributed by atoms with Crippen molar-refractivity contribution in [2.45, 2.75) is 6.18 Å². The topological polar surface area (TPSA) is 64.7 Å². The second-order valence-corrected chi connectivity index (χ2v) is 3.13. The standard InChI is InChI=1S/C10H6F3N4.Y/c11-10(12,13)6-5-16-9(17-8(6)14)7-3-1-2-4-15-7;/h1-4H,(H2,14,16,17);/q-1;. The molecule has 0 unspecified atom stereocenters. The maximum Gasteiger partial charge on any atom is 0.399 e. The summed E-state index contributed by atoms with van der Waals surface area (Å²) < 4.78 is 37.1. The van der Waals surface area contributed by atoms with Gasteiger partial charge in [-0.2, -0.15) is 13.2 Å². The van der Waals surface area contributed by atoms with E-state index in [0.717, 1.165) is 0 Å². The molecule has 2 aromatic heterocycles. The Morgan fingerprint density at radius 2 is 1.94 bits per heavy atom. The third kappa shape index (κ3) is 3.23. The number of alkyl halides is 3. The SMILES string of the molecule is Nc1nc(-c2ccccn2)n[c-]c1C(F)(F)F.[Y]. The van der Waals surface area contributed by atoms with Gasteiger partial charge in [-0.25, -0.2) is 0 Å². The molecule has 0 spiro atoms. The molecule has 0 aliphatic carbocycles. The van der Waals surface area contributed by atoms with Crippen molar-refractivity contribution in [3.63, 3.8) is 0 Å². The van der Waals surface area contributed by atoms with Gasteiger partial charge in [0.05, 0.1) is 11.5 Å². The first-order valence-electron chi connectivity index (χ1n) is 4.52. The largest absolute Gasteiger partial charge is 0.434 e. The molecule has 0 saturated carbocycles. The molecule has 0 aromatic carbocycles. The van der Waals surface area contributed by atoms with Crippen LogP contribution in [0.2, 0.25) is 0 Å². The van der Waals surface area contributed by atoms with E-state index in [1.54, 1.807) is 18.2 Å².